The first-order valence-corrected chi connectivity index (χ1v) is 8.75. The maximum absolute atomic E-state index is 13.2. The van der Waals surface area contributed by atoms with Gasteiger partial charge in [-0.3, -0.25) is 4.57 Å². The van der Waals surface area contributed by atoms with Crippen molar-refractivity contribution < 1.29 is 12.8 Å². The van der Waals surface area contributed by atoms with Gasteiger partial charge in [-0.1, -0.05) is 29.8 Å². The van der Waals surface area contributed by atoms with Crippen LogP contribution >= 0.6 is 11.6 Å². The summed E-state index contributed by atoms with van der Waals surface area (Å²) in [5.74, 6) is -0.807. The first kappa shape index (κ1) is 15.7. The average Bonchev–Trinajstić information content (AvgIpc) is 2.97. The maximum atomic E-state index is 13.2. The van der Waals surface area contributed by atoms with Gasteiger partial charge in [0.15, 0.2) is 0 Å². The molecule has 0 aliphatic carbocycles. The Morgan fingerprint density at radius 2 is 1.91 bits per heavy atom. The van der Waals surface area contributed by atoms with Gasteiger partial charge in [-0.2, -0.15) is 0 Å². The third-order valence-corrected chi connectivity index (χ3v) is 5.02. The van der Waals surface area contributed by atoms with E-state index in [1.165, 1.54) is 29.0 Å². The van der Waals surface area contributed by atoms with Gasteiger partial charge in [0, 0.05) is 23.1 Å². The highest BCUT2D eigenvalue weighted by atomic mass is 35.5. The van der Waals surface area contributed by atoms with Gasteiger partial charge in [0.1, 0.15) is 5.82 Å². The van der Waals surface area contributed by atoms with E-state index in [2.05, 4.69) is 4.98 Å². The highest BCUT2D eigenvalue weighted by Gasteiger charge is 2.22. The summed E-state index contributed by atoms with van der Waals surface area (Å²) in [5, 5.41) is 0.383. The number of aromatic nitrogens is 2. The molecule has 2 aromatic carbocycles. The van der Waals surface area contributed by atoms with E-state index in [0.717, 1.165) is 0 Å². The number of halogens is 2. The molecule has 0 aliphatic rings. The number of hydrogen-bond donors (Lipinski definition) is 0. The fourth-order valence-electron chi connectivity index (χ4n) is 2.25. The Kier molecular flexibility index (Phi) is 4.19. The molecular weight excluding hydrogens is 339 g/mol. The Balaban J connectivity index is 2.00. The lowest BCUT2D eigenvalue weighted by molar-refractivity contribution is 0.583. The van der Waals surface area contributed by atoms with Gasteiger partial charge in [-0.05, 0) is 35.9 Å². The van der Waals surface area contributed by atoms with Crippen LogP contribution in [0.1, 0.15) is 5.56 Å². The molecule has 1 heterocycles. The van der Waals surface area contributed by atoms with Crippen LogP contribution in [0.15, 0.2) is 66.1 Å². The number of imidazole rings is 1. The summed E-state index contributed by atoms with van der Waals surface area (Å²) in [6.07, 6.45) is 2.95. The summed E-state index contributed by atoms with van der Waals surface area (Å²) in [4.78, 5) is 3.95. The van der Waals surface area contributed by atoms with Crippen molar-refractivity contribution in [3.8, 4) is 5.69 Å². The molecule has 118 valence electrons. The van der Waals surface area contributed by atoms with Crippen LogP contribution in [0.2, 0.25) is 5.02 Å². The van der Waals surface area contributed by atoms with Crippen LogP contribution in [0.25, 0.3) is 5.69 Å². The Bertz CT molecular complexity index is 954. The molecule has 0 unspecified atom stereocenters. The highest BCUT2D eigenvalue weighted by Crippen LogP contribution is 2.21. The topological polar surface area (TPSA) is 52.0 Å². The zero-order valence-electron chi connectivity index (χ0n) is 11.9. The molecule has 0 spiro atoms. The summed E-state index contributed by atoms with van der Waals surface area (Å²) < 4.78 is 39.9. The maximum Gasteiger partial charge on any atom is 0.232 e. The fraction of sp³-hybridized carbons (Fsp3) is 0.0625. The van der Waals surface area contributed by atoms with E-state index in [0.29, 0.717) is 16.3 Å². The normalized spacial score (nSPS) is 11.6. The van der Waals surface area contributed by atoms with E-state index in [-0.39, 0.29) is 10.9 Å². The predicted molar refractivity (Wildman–Crippen MR) is 85.9 cm³/mol. The van der Waals surface area contributed by atoms with Crippen LogP contribution in [-0.2, 0) is 15.6 Å². The van der Waals surface area contributed by atoms with Gasteiger partial charge in [0.05, 0.1) is 5.75 Å². The van der Waals surface area contributed by atoms with Crippen molar-refractivity contribution in [1.29, 1.82) is 0 Å². The molecule has 0 saturated heterocycles. The van der Waals surface area contributed by atoms with Crippen molar-refractivity contribution in [3.63, 3.8) is 0 Å². The number of sulfone groups is 1. The number of rotatable bonds is 4. The van der Waals surface area contributed by atoms with Gasteiger partial charge in [-0.15, -0.1) is 0 Å². The molecule has 0 bridgehead atoms. The molecule has 7 heteroatoms. The lowest BCUT2D eigenvalue weighted by atomic mass is 10.2. The molecular formula is C16H12ClFN2O2S. The molecule has 0 radical (unpaired) electrons. The first-order valence-electron chi connectivity index (χ1n) is 6.72. The van der Waals surface area contributed by atoms with Crippen LogP contribution in [0.3, 0.4) is 0 Å². The Labute approximate surface area is 138 Å². The lowest BCUT2D eigenvalue weighted by Crippen LogP contribution is -2.12. The van der Waals surface area contributed by atoms with Crippen LogP contribution in [0.4, 0.5) is 4.39 Å². The third-order valence-electron chi connectivity index (χ3n) is 3.22. The molecule has 0 atom stereocenters. The van der Waals surface area contributed by atoms with Crippen LogP contribution in [0, 0.1) is 5.82 Å². The number of hydrogen-bond acceptors (Lipinski definition) is 3. The first-order chi connectivity index (χ1) is 11.0. The minimum Gasteiger partial charge on any atom is -0.291 e. The zero-order valence-corrected chi connectivity index (χ0v) is 13.4. The van der Waals surface area contributed by atoms with Crippen LogP contribution < -0.4 is 0 Å². The van der Waals surface area contributed by atoms with Crippen molar-refractivity contribution in [1.82, 2.24) is 9.55 Å². The van der Waals surface area contributed by atoms with Gasteiger partial charge in [0.25, 0.3) is 0 Å². The largest absolute Gasteiger partial charge is 0.291 e. The molecule has 0 aliphatic heterocycles. The van der Waals surface area contributed by atoms with E-state index in [1.807, 2.05) is 0 Å². The lowest BCUT2D eigenvalue weighted by Gasteiger charge is -2.09. The molecule has 3 aromatic rings. The quantitative estimate of drug-likeness (QED) is 0.722. The minimum atomic E-state index is -3.74. The molecule has 1 aromatic heterocycles. The van der Waals surface area contributed by atoms with Gasteiger partial charge >= 0.3 is 0 Å². The van der Waals surface area contributed by atoms with E-state index in [1.54, 1.807) is 36.5 Å². The molecule has 0 saturated carbocycles. The molecule has 0 amide bonds. The number of benzene rings is 2. The zero-order chi connectivity index (χ0) is 16.4. The summed E-state index contributed by atoms with van der Waals surface area (Å²) in [6.45, 7) is 0. The average molecular weight is 351 g/mol. The van der Waals surface area contributed by atoms with Gasteiger partial charge in [-0.25, -0.2) is 17.8 Å². The van der Waals surface area contributed by atoms with Crippen molar-refractivity contribution in [2.75, 3.05) is 0 Å². The second-order valence-corrected chi connectivity index (χ2v) is 7.27. The Morgan fingerprint density at radius 1 is 1.13 bits per heavy atom. The molecule has 0 fully saturated rings. The van der Waals surface area contributed by atoms with Gasteiger partial charge < -0.3 is 0 Å². The van der Waals surface area contributed by atoms with Crippen molar-refractivity contribution in [2.24, 2.45) is 0 Å². The minimum absolute atomic E-state index is 0.107. The number of nitrogens with zero attached hydrogens (tertiary/aromatic N) is 2. The summed E-state index contributed by atoms with van der Waals surface area (Å²) in [6, 6.07) is 12.3. The fourth-order valence-corrected chi connectivity index (χ4v) is 3.87. The highest BCUT2D eigenvalue weighted by molar-refractivity contribution is 7.90. The Hall–Kier alpha value is -2.18. The summed E-state index contributed by atoms with van der Waals surface area (Å²) >= 11 is 5.95. The monoisotopic (exact) mass is 350 g/mol. The molecule has 23 heavy (non-hydrogen) atoms. The van der Waals surface area contributed by atoms with Crippen molar-refractivity contribution in [2.45, 2.75) is 10.9 Å². The van der Waals surface area contributed by atoms with Crippen molar-refractivity contribution in [3.05, 3.63) is 77.3 Å². The van der Waals surface area contributed by atoms with Crippen LogP contribution in [0.5, 0.6) is 0 Å². The molecule has 0 N–H and O–H groups in total. The second-order valence-electron chi connectivity index (χ2n) is 4.95. The van der Waals surface area contributed by atoms with Gasteiger partial charge in [0.2, 0.25) is 15.0 Å². The SMILES string of the molecule is O=S(=O)(Cc1cccc(F)c1)c1nccn1-c1cccc(Cl)c1. The van der Waals surface area contributed by atoms with E-state index in [9.17, 15) is 12.8 Å². The van der Waals surface area contributed by atoms with E-state index in [4.69, 9.17) is 11.6 Å². The Morgan fingerprint density at radius 3 is 2.65 bits per heavy atom. The predicted octanol–water partition coefficient (Wildman–Crippen LogP) is 3.64. The van der Waals surface area contributed by atoms with E-state index < -0.39 is 15.7 Å². The molecule has 3 rings (SSSR count). The summed E-state index contributed by atoms with van der Waals surface area (Å²) in [5.41, 5.74) is 0.957. The smallest absolute Gasteiger partial charge is 0.232 e. The van der Waals surface area contributed by atoms with Crippen LogP contribution in [-0.4, -0.2) is 18.0 Å². The third kappa shape index (κ3) is 3.43. The van der Waals surface area contributed by atoms with Crippen molar-refractivity contribution >= 4 is 21.4 Å². The second kappa shape index (κ2) is 6.14. The summed E-state index contributed by atoms with van der Waals surface area (Å²) in [7, 11) is -3.74. The molecule has 4 nitrogen and oxygen atoms in total. The standard InChI is InChI=1S/C16H12ClFN2O2S/c17-13-4-2-6-15(10-13)20-8-7-19-16(20)23(21,22)11-12-3-1-5-14(18)9-12/h1-10H,11H2. The van der Waals surface area contributed by atoms with E-state index >= 15 is 0 Å².